The second kappa shape index (κ2) is 3.47. The van der Waals surface area contributed by atoms with Crippen LogP contribution >= 0.6 is 0 Å². The molecule has 0 aromatic carbocycles. The summed E-state index contributed by atoms with van der Waals surface area (Å²) in [6, 6.07) is 1.02. The van der Waals surface area contributed by atoms with Crippen LogP contribution in [-0.2, 0) is 0 Å². The zero-order chi connectivity index (χ0) is 10.0. The van der Waals surface area contributed by atoms with E-state index in [-0.39, 0.29) is 11.3 Å². The van der Waals surface area contributed by atoms with Gasteiger partial charge < -0.3 is 5.73 Å². The lowest BCUT2D eigenvalue weighted by Gasteiger charge is -2.04. The number of hydrogen-bond donors (Lipinski definition) is 1. The molecule has 5 heteroatoms. The minimum atomic E-state index is -2.61. The molecule has 70 valence electrons. The summed E-state index contributed by atoms with van der Waals surface area (Å²) in [5, 5.41) is 0. The average molecular weight is 186 g/mol. The highest BCUT2D eigenvalue weighted by Gasteiger charge is 2.13. The van der Waals surface area contributed by atoms with Gasteiger partial charge in [0, 0.05) is 11.8 Å². The Balaban J connectivity index is 3.19. The van der Waals surface area contributed by atoms with E-state index in [4.69, 9.17) is 5.73 Å². The molecule has 0 atom stereocenters. The molecule has 0 bridgehead atoms. The maximum absolute atomic E-state index is 12.3. The maximum Gasteiger partial charge on any atom is 0.267 e. The number of amides is 1. The summed E-state index contributed by atoms with van der Waals surface area (Å²) in [4.78, 5) is 14.2. The van der Waals surface area contributed by atoms with Gasteiger partial charge in [0.15, 0.2) is 0 Å². The molecule has 1 heterocycles. The predicted octanol–water partition coefficient (Wildman–Crippen LogP) is 1.43. The van der Waals surface area contributed by atoms with Gasteiger partial charge in [-0.3, -0.25) is 9.78 Å². The largest absolute Gasteiger partial charge is 0.364 e. The first-order valence-electron chi connectivity index (χ1n) is 3.57. The third kappa shape index (κ3) is 1.99. The first-order valence-corrected chi connectivity index (χ1v) is 3.57. The van der Waals surface area contributed by atoms with Gasteiger partial charge in [-0.1, -0.05) is 0 Å². The molecule has 0 unspecified atom stereocenters. The van der Waals surface area contributed by atoms with Crippen molar-refractivity contribution in [2.75, 3.05) is 0 Å². The van der Waals surface area contributed by atoms with Gasteiger partial charge in [-0.15, -0.1) is 0 Å². The smallest absolute Gasteiger partial charge is 0.267 e. The minimum Gasteiger partial charge on any atom is -0.364 e. The van der Waals surface area contributed by atoms with Crippen molar-refractivity contribution in [2.45, 2.75) is 13.3 Å². The van der Waals surface area contributed by atoms with E-state index in [1.807, 2.05) is 0 Å². The van der Waals surface area contributed by atoms with E-state index in [0.717, 1.165) is 6.07 Å². The van der Waals surface area contributed by atoms with Crippen molar-refractivity contribution in [1.82, 2.24) is 4.98 Å². The number of aryl methyl sites for hydroxylation is 1. The molecule has 0 spiro atoms. The summed E-state index contributed by atoms with van der Waals surface area (Å²) in [6.45, 7) is 1.50. The molecule has 0 aliphatic heterocycles. The molecule has 3 nitrogen and oxygen atoms in total. The molecule has 0 aliphatic carbocycles. The van der Waals surface area contributed by atoms with Crippen LogP contribution in [0.4, 0.5) is 8.78 Å². The predicted molar refractivity (Wildman–Crippen MR) is 42.4 cm³/mol. The van der Waals surface area contributed by atoms with E-state index in [1.165, 1.54) is 13.1 Å². The Kier molecular flexibility index (Phi) is 2.55. The van der Waals surface area contributed by atoms with E-state index >= 15 is 0 Å². The Morgan fingerprint density at radius 1 is 1.62 bits per heavy atom. The van der Waals surface area contributed by atoms with Crippen molar-refractivity contribution in [2.24, 2.45) is 5.73 Å². The van der Waals surface area contributed by atoms with Gasteiger partial charge in [0.1, 0.15) is 5.69 Å². The third-order valence-corrected chi connectivity index (χ3v) is 1.63. The lowest BCUT2D eigenvalue weighted by molar-refractivity contribution is 0.0995. The second-order valence-corrected chi connectivity index (χ2v) is 2.59. The van der Waals surface area contributed by atoms with Crippen LogP contribution in [0.1, 0.15) is 28.0 Å². The van der Waals surface area contributed by atoms with Crippen molar-refractivity contribution in [1.29, 1.82) is 0 Å². The Morgan fingerprint density at radius 2 is 2.23 bits per heavy atom. The molecule has 13 heavy (non-hydrogen) atoms. The van der Waals surface area contributed by atoms with Crippen molar-refractivity contribution < 1.29 is 13.6 Å². The molecule has 0 radical (unpaired) electrons. The molecule has 0 saturated heterocycles. The third-order valence-electron chi connectivity index (χ3n) is 1.63. The summed E-state index contributed by atoms with van der Waals surface area (Å²) < 4.78 is 24.6. The van der Waals surface area contributed by atoms with Crippen LogP contribution in [0.2, 0.25) is 0 Å². The van der Waals surface area contributed by atoms with E-state index in [9.17, 15) is 13.6 Å². The number of primary amides is 1. The highest BCUT2D eigenvalue weighted by Crippen LogP contribution is 2.22. The number of pyridine rings is 1. The summed E-state index contributed by atoms with van der Waals surface area (Å²) in [6.07, 6.45) is -1.40. The van der Waals surface area contributed by atoms with Crippen molar-refractivity contribution in [3.05, 3.63) is 29.1 Å². The molecule has 0 aliphatic rings. The lowest BCUT2D eigenvalue weighted by atomic mass is 10.1. The van der Waals surface area contributed by atoms with Gasteiger partial charge in [0.2, 0.25) is 0 Å². The normalized spacial score (nSPS) is 10.5. The van der Waals surface area contributed by atoms with Gasteiger partial charge in [0.05, 0.1) is 0 Å². The number of rotatable bonds is 2. The molecule has 0 saturated carbocycles. The summed E-state index contributed by atoms with van der Waals surface area (Å²) in [5.74, 6) is -0.804. The Morgan fingerprint density at radius 3 is 2.69 bits per heavy atom. The van der Waals surface area contributed by atoms with Crippen LogP contribution < -0.4 is 5.73 Å². The minimum absolute atomic E-state index is 0.138. The van der Waals surface area contributed by atoms with Gasteiger partial charge in [-0.2, -0.15) is 0 Å². The van der Waals surface area contributed by atoms with Crippen molar-refractivity contribution in [3.8, 4) is 0 Å². The molecule has 0 fully saturated rings. The van der Waals surface area contributed by atoms with Crippen LogP contribution in [-0.4, -0.2) is 10.9 Å². The number of hydrogen-bond acceptors (Lipinski definition) is 2. The maximum atomic E-state index is 12.3. The highest BCUT2D eigenvalue weighted by atomic mass is 19.3. The van der Waals surface area contributed by atoms with Gasteiger partial charge in [0.25, 0.3) is 12.3 Å². The second-order valence-electron chi connectivity index (χ2n) is 2.59. The SMILES string of the molecule is Cc1cnc(C(N)=O)cc1C(F)F. The molecule has 1 rings (SSSR count). The molecular formula is C8H8F2N2O. The highest BCUT2D eigenvalue weighted by molar-refractivity contribution is 5.90. The van der Waals surface area contributed by atoms with Gasteiger partial charge in [-0.25, -0.2) is 8.78 Å². The lowest BCUT2D eigenvalue weighted by Crippen LogP contribution is -2.13. The summed E-state index contributed by atoms with van der Waals surface area (Å²) >= 11 is 0. The first kappa shape index (κ1) is 9.57. The monoisotopic (exact) mass is 186 g/mol. The number of alkyl halides is 2. The average Bonchev–Trinajstić information content (AvgIpc) is 2.04. The molecular weight excluding hydrogens is 178 g/mol. The van der Waals surface area contributed by atoms with E-state index in [2.05, 4.69) is 4.98 Å². The molecule has 1 amide bonds. The van der Waals surface area contributed by atoms with E-state index in [1.54, 1.807) is 0 Å². The van der Waals surface area contributed by atoms with Crippen LogP contribution in [0.15, 0.2) is 12.3 Å². The van der Waals surface area contributed by atoms with E-state index < -0.39 is 12.3 Å². The molecule has 1 aromatic heterocycles. The zero-order valence-electron chi connectivity index (χ0n) is 6.92. The number of carbonyl (C=O) groups excluding carboxylic acids is 1. The van der Waals surface area contributed by atoms with Gasteiger partial charge in [-0.05, 0) is 18.6 Å². The van der Waals surface area contributed by atoms with Crippen LogP contribution in [0.5, 0.6) is 0 Å². The van der Waals surface area contributed by atoms with Crippen LogP contribution in [0.3, 0.4) is 0 Å². The topological polar surface area (TPSA) is 56.0 Å². The first-order chi connectivity index (χ1) is 6.02. The fourth-order valence-corrected chi connectivity index (χ4v) is 0.909. The van der Waals surface area contributed by atoms with Crippen LogP contribution in [0.25, 0.3) is 0 Å². The number of nitrogens with zero attached hydrogens (tertiary/aromatic N) is 1. The fourth-order valence-electron chi connectivity index (χ4n) is 0.909. The number of nitrogens with two attached hydrogens (primary N) is 1. The summed E-state index contributed by atoms with van der Waals surface area (Å²) in [5.41, 5.74) is 4.89. The number of carbonyl (C=O) groups is 1. The van der Waals surface area contributed by atoms with Crippen molar-refractivity contribution in [3.63, 3.8) is 0 Å². The summed E-state index contributed by atoms with van der Waals surface area (Å²) in [7, 11) is 0. The zero-order valence-corrected chi connectivity index (χ0v) is 6.92. The Labute approximate surface area is 73.6 Å². The number of aromatic nitrogens is 1. The van der Waals surface area contributed by atoms with Gasteiger partial charge >= 0.3 is 0 Å². The standard InChI is InChI=1S/C8H8F2N2O/c1-4-3-12-6(8(11)13)2-5(4)7(9)10/h2-3,7H,1H3,(H2,11,13). The fraction of sp³-hybridized carbons (Fsp3) is 0.250. The van der Waals surface area contributed by atoms with E-state index in [0.29, 0.717) is 5.56 Å². The molecule has 1 aromatic rings. The van der Waals surface area contributed by atoms with Crippen LogP contribution in [0, 0.1) is 6.92 Å². The molecule has 2 N–H and O–H groups in total. The Bertz CT molecular complexity index is 339. The number of halogens is 2. The Hall–Kier alpha value is -1.52. The quantitative estimate of drug-likeness (QED) is 0.759. The van der Waals surface area contributed by atoms with Crippen molar-refractivity contribution >= 4 is 5.91 Å².